The number of piperazine rings is 1. The molecule has 1 atom stereocenters. The number of aliphatic hydroxyl groups is 1. The predicted molar refractivity (Wildman–Crippen MR) is 190 cm³/mol. The summed E-state index contributed by atoms with van der Waals surface area (Å²) < 4.78 is 6.41. The summed E-state index contributed by atoms with van der Waals surface area (Å²) in [7, 11) is 6.02. The van der Waals surface area contributed by atoms with Crippen LogP contribution in [0.5, 0.6) is 5.75 Å². The number of rotatable bonds is 8. The number of aliphatic hydroxyl groups excluding tert-OH is 1. The van der Waals surface area contributed by atoms with Crippen molar-refractivity contribution in [3.05, 3.63) is 52.0 Å². The maximum absolute atomic E-state index is 14.0. The number of carbonyl (C=O) groups is 3. The minimum Gasteiger partial charge on any atom is -0.507 e. The van der Waals surface area contributed by atoms with Crippen LogP contribution in [0.3, 0.4) is 0 Å². The second-order valence-electron chi connectivity index (χ2n) is 13.5. The van der Waals surface area contributed by atoms with E-state index in [1.54, 1.807) is 21.9 Å². The summed E-state index contributed by atoms with van der Waals surface area (Å²) in [4.78, 5) is 50.7. The van der Waals surface area contributed by atoms with Crippen molar-refractivity contribution < 1.29 is 29.3 Å². The third kappa shape index (κ3) is 8.53. The molecule has 0 aliphatic carbocycles. The number of anilines is 1. The maximum Gasteiger partial charge on any atom is 0.410 e. The van der Waals surface area contributed by atoms with Crippen molar-refractivity contribution in [2.45, 2.75) is 56.7 Å². The topological polar surface area (TPSA) is 129 Å². The van der Waals surface area contributed by atoms with Gasteiger partial charge < -0.3 is 39.9 Å². The van der Waals surface area contributed by atoms with Crippen LogP contribution < -0.4 is 10.8 Å². The molecule has 2 aromatic rings. The van der Waals surface area contributed by atoms with Gasteiger partial charge in [-0.2, -0.15) is 0 Å². The number of phenols is 1. The highest BCUT2D eigenvalue weighted by Gasteiger charge is 2.36. The van der Waals surface area contributed by atoms with Gasteiger partial charge in [0, 0.05) is 76.5 Å². The number of β-amino-alcohol motifs (C(OH)–C–C–N with tert-alkyl or cyclic N) is 1. The van der Waals surface area contributed by atoms with E-state index in [2.05, 4.69) is 31.0 Å². The summed E-state index contributed by atoms with van der Waals surface area (Å²) in [6.45, 7) is 6.82. The molecule has 262 valence electrons. The number of halogens is 1. The first kappa shape index (κ1) is 35.5. The Bertz CT molecular complexity index is 1470. The largest absolute Gasteiger partial charge is 0.507 e. The third-order valence-electron chi connectivity index (χ3n) is 10.5. The number of ether oxygens (including phenoxy) is 1. The lowest BCUT2D eigenvalue weighted by atomic mass is 9.91. The summed E-state index contributed by atoms with van der Waals surface area (Å²) in [5.41, 5.74) is 2.78. The van der Waals surface area contributed by atoms with Gasteiger partial charge in [0.2, 0.25) is 0 Å². The molecule has 3 fully saturated rings. The Morgan fingerprint density at radius 3 is 2.33 bits per heavy atom. The lowest BCUT2D eigenvalue weighted by Gasteiger charge is -2.43. The molecule has 6 rings (SSSR count). The van der Waals surface area contributed by atoms with Crippen molar-refractivity contribution in [3.63, 3.8) is 0 Å². The van der Waals surface area contributed by atoms with E-state index in [0.29, 0.717) is 68.2 Å². The molecule has 4 heterocycles. The molecule has 2 radical (unpaired) electrons. The van der Waals surface area contributed by atoms with E-state index in [9.17, 15) is 24.6 Å². The minimum absolute atomic E-state index is 0.00803. The fourth-order valence-electron chi connectivity index (χ4n) is 7.65. The molecule has 4 aliphatic heterocycles. The van der Waals surface area contributed by atoms with E-state index in [1.807, 2.05) is 29.2 Å². The quantitative estimate of drug-likeness (QED) is 0.352. The van der Waals surface area contributed by atoms with Crippen LogP contribution in [0.25, 0.3) is 0 Å². The van der Waals surface area contributed by atoms with Gasteiger partial charge in [0.1, 0.15) is 13.6 Å². The number of likely N-dealkylation sites (tertiary alicyclic amines) is 2. The number of hydrogen-bond acceptors (Lipinski definition) is 8. The summed E-state index contributed by atoms with van der Waals surface area (Å²) in [6.07, 6.45) is 2.56. The van der Waals surface area contributed by atoms with Gasteiger partial charge in [-0.1, -0.05) is 29.7 Å². The van der Waals surface area contributed by atoms with E-state index in [4.69, 9.17) is 12.6 Å². The SMILES string of the molecule is [B]c1cc(C[C@@H](OC(=O)N2CCC(N3CCc4ccccc4NC3=O)CC2)C(=O)N2CCN(C3CCN(CCO)CC3)CC2)cc(Br)c1O. The average Bonchev–Trinajstić information content (AvgIpc) is 3.28. The van der Waals surface area contributed by atoms with Crippen LogP contribution in [0.2, 0.25) is 0 Å². The van der Waals surface area contributed by atoms with Gasteiger partial charge in [0.05, 0.1) is 11.1 Å². The minimum atomic E-state index is -1.07. The van der Waals surface area contributed by atoms with E-state index in [0.717, 1.165) is 56.7 Å². The van der Waals surface area contributed by atoms with E-state index < -0.39 is 12.2 Å². The monoisotopic (exact) mass is 736 g/mol. The fourth-order valence-corrected chi connectivity index (χ4v) is 8.17. The second-order valence-corrected chi connectivity index (χ2v) is 14.4. The van der Waals surface area contributed by atoms with E-state index >= 15 is 0 Å². The number of phenolic OH excluding ortho intramolecular Hbond substituents is 1. The Morgan fingerprint density at radius 1 is 0.939 bits per heavy atom. The van der Waals surface area contributed by atoms with Crippen LogP contribution >= 0.6 is 15.9 Å². The number of amides is 4. The number of nitrogens with zero attached hydrogens (tertiary/aromatic N) is 5. The summed E-state index contributed by atoms with van der Waals surface area (Å²) in [5, 5.41) is 22.5. The zero-order valence-electron chi connectivity index (χ0n) is 27.9. The number of aromatic hydroxyl groups is 1. The summed E-state index contributed by atoms with van der Waals surface area (Å²) >= 11 is 3.33. The first-order chi connectivity index (χ1) is 23.7. The Morgan fingerprint density at radius 2 is 1.63 bits per heavy atom. The van der Waals surface area contributed by atoms with Gasteiger partial charge in [-0.15, -0.1) is 0 Å². The summed E-state index contributed by atoms with van der Waals surface area (Å²) in [6, 6.07) is 11.5. The van der Waals surface area contributed by atoms with Gasteiger partial charge >= 0.3 is 12.1 Å². The highest BCUT2D eigenvalue weighted by molar-refractivity contribution is 9.10. The Hall–Kier alpha value is -3.33. The van der Waals surface area contributed by atoms with Crippen LogP contribution in [-0.4, -0.2) is 151 Å². The van der Waals surface area contributed by atoms with Crippen molar-refractivity contribution in [1.82, 2.24) is 24.5 Å². The molecule has 12 nitrogen and oxygen atoms in total. The standard InChI is InChI=1S/C35H46BBrN6O6/c36-28-21-24(22-29(37)32(28)45)23-31(33(46)41-17-15-40(16-18-41)26-6-10-39(11-7-26)19-20-44)49-35(48)42-12-8-27(9-13-42)43-14-5-25-3-1-2-4-30(25)38-34(43)47/h1-4,21-22,26-27,31,44-45H,5-20,23H2,(H,38,47)/t31-/m1/s1. The third-order valence-corrected chi connectivity index (χ3v) is 11.1. The van der Waals surface area contributed by atoms with E-state index in [1.165, 1.54) is 0 Å². The summed E-state index contributed by atoms with van der Waals surface area (Å²) in [5.74, 6) is -0.323. The zero-order chi connectivity index (χ0) is 34.5. The molecule has 0 saturated carbocycles. The van der Waals surface area contributed by atoms with Gasteiger partial charge in [0.15, 0.2) is 6.10 Å². The molecular formula is C35H46BBrN6O6. The molecule has 2 aromatic carbocycles. The number of urea groups is 1. The van der Waals surface area contributed by atoms with Crippen molar-refractivity contribution in [3.8, 4) is 5.75 Å². The molecule has 3 N–H and O–H groups in total. The zero-order valence-corrected chi connectivity index (χ0v) is 29.5. The number of hydrogen-bond donors (Lipinski definition) is 3. The highest BCUT2D eigenvalue weighted by atomic mass is 79.9. The first-order valence-electron chi connectivity index (χ1n) is 17.4. The van der Waals surface area contributed by atoms with Crippen molar-refractivity contribution in [2.75, 3.05) is 77.4 Å². The molecule has 4 amide bonds. The van der Waals surface area contributed by atoms with Crippen molar-refractivity contribution in [2.24, 2.45) is 0 Å². The van der Waals surface area contributed by atoms with Gasteiger partial charge in [0.25, 0.3) is 5.91 Å². The lowest BCUT2D eigenvalue weighted by Crippen LogP contribution is -2.56. The molecule has 0 aromatic heterocycles. The number of carbonyl (C=O) groups excluding carboxylic acids is 3. The molecule has 0 bridgehead atoms. The second kappa shape index (κ2) is 16.1. The lowest BCUT2D eigenvalue weighted by molar-refractivity contribution is -0.143. The molecule has 3 saturated heterocycles. The van der Waals surface area contributed by atoms with Crippen LogP contribution in [0.4, 0.5) is 15.3 Å². The first-order valence-corrected chi connectivity index (χ1v) is 18.2. The highest BCUT2D eigenvalue weighted by Crippen LogP contribution is 2.27. The van der Waals surface area contributed by atoms with Crippen LogP contribution in [0.1, 0.15) is 36.8 Å². The molecular weight excluding hydrogens is 691 g/mol. The smallest absolute Gasteiger partial charge is 0.410 e. The molecule has 0 unspecified atom stereocenters. The van der Waals surface area contributed by atoms with Crippen molar-refractivity contribution in [1.29, 1.82) is 0 Å². The number of piperidine rings is 2. The van der Waals surface area contributed by atoms with Crippen LogP contribution in [0.15, 0.2) is 40.9 Å². The van der Waals surface area contributed by atoms with Gasteiger partial charge in [-0.05, 0) is 84.4 Å². The molecule has 4 aliphatic rings. The number of nitrogens with one attached hydrogen (secondary N) is 1. The van der Waals surface area contributed by atoms with Gasteiger partial charge in [-0.3, -0.25) is 9.69 Å². The van der Waals surface area contributed by atoms with Crippen molar-refractivity contribution >= 4 is 53.0 Å². The number of para-hydroxylation sites is 1. The number of benzene rings is 2. The Kier molecular flexibility index (Phi) is 11.7. The predicted octanol–water partition coefficient (Wildman–Crippen LogP) is 2.15. The van der Waals surface area contributed by atoms with Crippen LogP contribution in [-0.2, 0) is 22.4 Å². The maximum atomic E-state index is 14.0. The van der Waals surface area contributed by atoms with Crippen LogP contribution in [0, 0.1) is 0 Å². The Labute approximate surface area is 297 Å². The molecule has 0 spiro atoms. The Balaban J connectivity index is 1.07. The van der Waals surface area contributed by atoms with E-state index in [-0.39, 0.29) is 42.2 Å². The fraction of sp³-hybridized carbons (Fsp3) is 0.571. The molecule has 49 heavy (non-hydrogen) atoms. The molecule has 14 heteroatoms. The average molecular weight is 738 g/mol. The van der Waals surface area contributed by atoms with Gasteiger partial charge in [-0.25, -0.2) is 9.59 Å². The number of fused-ring (bicyclic) bond motifs is 1. The normalized spacial score (nSPS) is 20.8.